The SMILES string of the molecule is COCCCOCCOc1ccc(C(N)=S)nc1. The van der Waals surface area contributed by atoms with Crippen molar-refractivity contribution in [3.8, 4) is 5.75 Å². The number of ether oxygens (including phenoxy) is 3. The van der Waals surface area contributed by atoms with Crippen molar-refractivity contribution in [2.75, 3.05) is 33.5 Å². The Morgan fingerprint density at radius 1 is 1.28 bits per heavy atom. The minimum Gasteiger partial charge on any atom is -0.490 e. The van der Waals surface area contributed by atoms with E-state index in [9.17, 15) is 0 Å². The molecule has 6 heteroatoms. The van der Waals surface area contributed by atoms with Crippen molar-refractivity contribution < 1.29 is 14.2 Å². The number of hydrogen-bond donors (Lipinski definition) is 1. The Morgan fingerprint density at radius 3 is 2.72 bits per heavy atom. The normalized spacial score (nSPS) is 10.3. The maximum absolute atomic E-state index is 5.44. The van der Waals surface area contributed by atoms with Crippen LogP contribution >= 0.6 is 12.2 Å². The Labute approximate surface area is 112 Å². The third kappa shape index (κ3) is 5.90. The highest BCUT2D eigenvalue weighted by molar-refractivity contribution is 7.80. The van der Waals surface area contributed by atoms with E-state index < -0.39 is 0 Å². The Morgan fingerprint density at radius 2 is 2.11 bits per heavy atom. The zero-order chi connectivity index (χ0) is 13.2. The predicted octanol–water partition coefficient (Wildman–Crippen LogP) is 1.15. The molecule has 1 aromatic heterocycles. The van der Waals surface area contributed by atoms with Crippen LogP contribution in [0.3, 0.4) is 0 Å². The summed E-state index contributed by atoms with van der Waals surface area (Å²) in [7, 11) is 1.67. The van der Waals surface area contributed by atoms with Gasteiger partial charge < -0.3 is 19.9 Å². The molecule has 1 heterocycles. The number of aromatic nitrogens is 1. The van der Waals surface area contributed by atoms with Crippen LogP contribution < -0.4 is 10.5 Å². The summed E-state index contributed by atoms with van der Waals surface area (Å²) in [6.45, 7) is 2.42. The monoisotopic (exact) mass is 270 g/mol. The minimum absolute atomic E-state index is 0.281. The predicted molar refractivity (Wildman–Crippen MR) is 72.9 cm³/mol. The average Bonchev–Trinajstić information content (AvgIpc) is 2.38. The Hall–Kier alpha value is -1.24. The number of thiocarbonyl (C=S) groups is 1. The maximum Gasteiger partial charge on any atom is 0.137 e. The van der Waals surface area contributed by atoms with Crippen LogP contribution in [0.25, 0.3) is 0 Å². The zero-order valence-electron chi connectivity index (χ0n) is 10.4. The van der Waals surface area contributed by atoms with Crippen molar-refractivity contribution in [3.05, 3.63) is 24.0 Å². The molecular weight excluding hydrogens is 252 g/mol. The minimum atomic E-state index is 0.281. The molecule has 0 saturated carbocycles. The molecule has 0 aliphatic carbocycles. The van der Waals surface area contributed by atoms with Gasteiger partial charge in [-0.1, -0.05) is 12.2 Å². The smallest absolute Gasteiger partial charge is 0.137 e. The van der Waals surface area contributed by atoms with Crippen LogP contribution in [0.4, 0.5) is 0 Å². The standard InChI is InChI=1S/C12H18N2O3S/c1-15-5-2-6-16-7-8-17-10-3-4-11(12(13)18)14-9-10/h3-4,9H,2,5-8H2,1H3,(H2,13,18). The first kappa shape index (κ1) is 14.8. The molecule has 0 spiro atoms. The highest BCUT2D eigenvalue weighted by Crippen LogP contribution is 2.08. The molecular formula is C12H18N2O3S. The lowest BCUT2D eigenvalue weighted by molar-refractivity contribution is 0.0805. The number of nitrogens with two attached hydrogens (primary N) is 1. The molecule has 100 valence electrons. The fourth-order valence-corrected chi connectivity index (χ4v) is 1.36. The van der Waals surface area contributed by atoms with Crippen LogP contribution in [0.5, 0.6) is 5.75 Å². The molecule has 0 radical (unpaired) electrons. The molecule has 5 nitrogen and oxygen atoms in total. The summed E-state index contributed by atoms with van der Waals surface area (Å²) in [6, 6.07) is 3.52. The molecule has 0 unspecified atom stereocenters. The van der Waals surface area contributed by atoms with Gasteiger partial charge in [-0.2, -0.15) is 0 Å². The van der Waals surface area contributed by atoms with Gasteiger partial charge in [0.15, 0.2) is 0 Å². The lowest BCUT2D eigenvalue weighted by Gasteiger charge is -2.07. The summed E-state index contributed by atoms with van der Waals surface area (Å²) < 4.78 is 15.7. The molecule has 0 fully saturated rings. The molecule has 1 aromatic rings. The number of nitrogens with zero attached hydrogens (tertiary/aromatic N) is 1. The van der Waals surface area contributed by atoms with E-state index in [1.54, 1.807) is 25.4 Å². The third-order valence-corrected chi connectivity index (χ3v) is 2.33. The third-order valence-electron chi connectivity index (χ3n) is 2.12. The fraction of sp³-hybridized carbons (Fsp3) is 0.500. The highest BCUT2D eigenvalue weighted by Gasteiger charge is 1.99. The van der Waals surface area contributed by atoms with Gasteiger partial charge in [-0.3, -0.25) is 0 Å². The van der Waals surface area contributed by atoms with Gasteiger partial charge in [-0.05, 0) is 18.6 Å². The van der Waals surface area contributed by atoms with E-state index in [1.807, 2.05) is 0 Å². The van der Waals surface area contributed by atoms with Crippen molar-refractivity contribution >= 4 is 17.2 Å². The number of rotatable bonds is 9. The summed E-state index contributed by atoms with van der Waals surface area (Å²) in [4.78, 5) is 4.35. The summed E-state index contributed by atoms with van der Waals surface area (Å²) in [5.74, 6) is 0.676. The van der Waals surface area contributed by atoms with E-state index in [0.29, 0.717) is 37.9 Å². The van der Waals surface area contributed by atoms with Crippen molar-refractivity contribution in [1.29, 1.82) is 0 Å². The van der Waals surface area contributed by atoms with Gasteiger partial charge in [0, 0.05) is 20.3 Å². The molecule has 0 aliphatic rings. The van der Waals surface area contributed by atoms with Gasteiger partial charge in [-0.25, -0.2) is 4.98 Å². The summed E-state index contributed by atoms with van der Waals surface area (Å²) in [6.07, 6.45) is 2.49. The molecule has 0 aliphatic heterocycles. The molecule has 0 amide bonds. The van der Waals surface area contributed by atoms with Gasteiger partial charge in [0.1, 0.15) is 17.3 Å². The van der Waals surface area contributed by atoms with E-state index in [2.05, 4.69) is 4.98 Å². The Bertz CT molecular complexity index is 357. The van der Waals surface area contributed by atoms with Gasteiger partial charge in [0.25, 0.3) is 0 Å². The average molecular weight is 270 g/mol. The van der Waals surface area contributed by atoms with Crippen molar-refractivity contribution in [2.45, 2.75) is 6.42 Å². The van der Waals surface area contributed by atoms with Crippen molar-refractivity contribution in [3.63, 3.8) is 0 Å². The number of hydrogen-bond acceptors (Lipinski definition) is 5. The van der Waals surface area contributed by atoms with E-state index in [1.165, 1.54) is 0 Å². The van der Waals surface area contributed by atoms with Gasteiger partial charge in [-0.15, -0.1) is 0 Å². The van der Waals surface area contributed by atoms with E-state index in [0.717, 1.165) is 6.42 Å². The van der Waals surface area contributed by atoms with Crippen LogP contribution in [0.1, 0.15) is 12.1 Å². The summed E-state index contributed by atoms with van der Waals surface area (Å²) in [5, 5.41) is 0. The lowest BCUT2D eigenvalue weighted by atomic mass is 10.3. The second kappa shape index (κ2) is 8.79. The van der Waals surface area contributed by atoms with Gasteiger partial charge in [0.05, 0.1) is 18.5 Å². The molecule has 18 heavy (non-hydrogen) atoms. The lowest BCUT2D eigenvalue weighted by Crippen LogP contribution is -2.12. The molecule has 0 bridgehead atoms. The molecule has 0 atom stereocenters. The van der Waals surface area contributed by atoms with Gasteiger partial charge >= 0.3 is 0 Å². The van der Waals surface area contributed by atoms with Gasteiger partial charge in [0.2, 0.25) is 0 Å². The van der Waals surface area contributed by atoms with E-state index in [-0.39, 0.29) is 4.99 Å². The number of methoxy groups -OCH3 is 1. The van der Waals surface area contributed by atoms with Crippen molar-refractivity contribution in [2.24, 2.45) is 5.73 Å². The maximum atomic E-state index is 5.44. The van der Waals surface area contributed by atoms with Crippen LogP contribution in [0.2, 0.25) is 0 Å². The first-order valence-corrected chi connectivity index (χ1v) is 6.10. The highest BCUT2D eigenvalue weighted by atomic mass is 32.1. The van der Waals surface area contributed by atoms with E-state index >= 15 is 0 Å². The topological polar surface area (TPSA) is 66.6 Å². The molecule has 1 rings (SSSR count). The fourth-order valence-electron chi connectivity index (χ4n) is 1.24. The summed E-state index contributed by atoms with van der Waals surface area (Å²) >= 11 is 4.81. The van der Waals surface area contributed by atoms with E-state index in [4.69, 9.17) is 32.2 Å². The first-order valence-electron chi connectivity index (χ1n) is 5.69. The summed E-state index contributed by atoms with van der Waals surface area (Å²) in [5.41, 5.74) is 6.03. The van der Waals surface area contributed by atoms with Crippen LogP contribution in [0.15, 0.2) is 18.3 Å². The van der Waals surface area contributed by atoms with Crippen molar-refractivity contribution in [1.82, 2.24) is 4.98 Å². The zero-order valence-corrected chi connectivity index (χ0v) is 11.2. The number of pyridine rings is 1. The second-order valence-corrected chi connectivity index (χ2v) is 3.99. The van der Waals surface area contributed by atoms with Crippen LogP contribution in [-0.2, 0) is 9.47 Å². The molecule has 0 aromatic carbocycles. The molecule has 2 N–H and O–H groups in total. The van der Waals surface area contributed by atoms with Crippen LogP contribution in [-0.4, -0.2) is 43.5 Å². The molecule has 0 saturated heterocycles. The van der Waals surface area contributed by atoms with Crippen LogP contribution in [0, 0.1) is 0 Å². The largest absolute Gasteiger partial charge is 0.490 e. The Kier molecular flexibility index (Phi) is 7.24. The second-order valence-electron chi connectivity index (χ2n) is 3.55. The Balaban J connectivity index is 2.14. The first-order chi connectivity index (χ1) is 8.74. The quantitative estimate of drug-likeness (QED) is 0.536.